The Labute approximate surface area is 297 Å². The Hall–Kier alpha value is -6.09. The molecule has 0 N–H and O–H groups in total. The van der Waals surface area contributed by atoms with E-state index in [0.717, 1.165) is 88.9 Å². The fourth-order valence-corrected chi connectivity index (χ4v) is 10.0. The molecule has 0 saturated heterocycles. The molecule has 0 aliphatic carbocycles. The maximum Gasteiger partial charge on any atom is 0.171 e. The van der Waals surface area contributed by atoms with Crippen molar-refractivity contribution in [3.05, 3.63) is 182 Å². The summed E-state index contributed by atoms with van der Waals surface area (Å²) in [6.45, 7) is 2.16. The van der Waals surface area contributed by atoms with E-state index in [1.54, 1.807) is 0 Å². The van der Waals surface area contributed by atoms with Crippen LogP contribution >= 0.6 is 7.14 Å². The van der Waals surface area contributed by atoms with Gasteiger partial charge in [0.25, 0.3) is 0 Å². The van der Waals surface area contributed by atoms with Gasteiger partial charge in [-0.05, 0) is 46.8 Å². The van der Waals surface area contributed by atoms with Gasteiger partial charge in [-0.25, -0.2) is 9.97 Å². The minimum absolute atomic E-state index is 0.800. The van der Waals surface area contributed by atoms with Crippen LogP contribution in [0.3, 0.4) is 0 Å². The van der Waals surface area contributed by atoms with Crippen LogP contribution in [0.25, 0.3) is 60.8 Å². The first-order valence-corrected chi connectivity index (χ1v) is 19.0. The molecule has 0 bridgehead atoms. The smallest absolute Gasteiger partial charge is 0.171 e. The number of fused-ring (bicyclic) bond motifs is 5. The van der Waals surface area contributed by atoms with E-state index in [9.17, 15) is 4.57 Å². The number of imidazole rings is 1. The normalized spacial score (nSPS) is 11.8. The van der Waals surface area contributed by atoms with E-state index in [1.807, 2.05) is 84.9 Å². The van der Waals surface area contributed by atoms with Crippen molar-refractivity contribution >= 4 is 55.8 Å². The van der Waals surface area contributed by atoms with Crippen molar-refractivity contribution in [3.63, 3.8) is 0 Å². The summed E-state index contributed by atoms with van der Waals surface area (Å²) >= 11 is 0. The fourth-order valence-electron chi connectivity index (χ4n) is 7.38. The second-order valence-corrected chi connectivity index (χ2v) is 15.6. The van der Waals surface area contributed by atoms with Gasteiger partial charge in [-0.15, -0.1) is 0 Å². The standard InChI is InChI=1S/C46H34N3OP/c1-2-43-48-46-42(49(43)35-17-6-3-7-18-35)30-29-40-39-23-12-13-24-41(39)47-45(44(40)46)34-16-14-15-33(31-34)32-25-27-38(28-26-32)51(50,36-19-8-4-9-20-36)37-21-10-5-11-22-37/h3-31H,2H2,1H3. The van der Waals surface area contributed by atoms with Gasteiger partial charge >= 0.3 is 0 Å². The van der Waals surface area contributed by atoms with Crippen LogP contribution in [-0.4, -0.2) is 14.5 Å². The molecular formula is C46H34N3OP. The van der Waals surface area contributed by atoms with E-state index in [2.05, 4.69) is 102 Å². The molecule has 2 aromatic heterocycles. The zero-order valence-corrected chi connectivity index (χ0v) is 29.0. The van der Waals surface area contributed by atoms with E-state index in [1.165, 1.54) is 0 Å². The highest BCUT2D eigenvalue weighted by Crippen LogP contribution is 2.43. The average molecular weight is 676 g/mol. The predicted octanol–water partition coefficient (Wildman–Crippen LogP) is 10.3. The lowest BCUT2D eigenvalue weighted by molar-refractivity contribution is 0.592. The molecule has 9 rings (SSSR count). The third kappa shape index (κ3) is 5.19. The third-order valence-corrected chi connectivity index (χ3v) is 12.9. The summed E-state index contributed by atoms with van der Waals surface area (Å²) in [5, 5.41) is 5.76. The van der Waals surface area contributed by atoms with E-state index in [0.29, 0.717) is 0 Å². The Balaban J connectivity index is 1.21. The van der Waals surface area contributed by atoms with Gasteiger partial charge in [-0.1, -0.05) is 153 Å². The molecule has 7 aromatic carbocycles. The van der Waals surface area contributed by atoms with Crippen LogP contribution in [0.5, 0.6) is 0 Å². The molecule has 0 amide bonds. The lowest BCUT2D eigenvalue weighted by atomic mass is 9.96. The summed E-state index contributed by atoms with van der Waals surface area (Å²) in [6.07, 6.45) is 0.800. The Morgan fingerprint density at radius 1 is 0.529 bits per heavy atom. The molecule has 0 saturated carbocycles. The van der Waals surface area contributed by atoms with Crippen molar-refractivity contribution in [1.29, 1.82) is 0 Å². The van der Waals surface area contributed by atoms with Crippen LogP contribution in [0.2, 0.25) is 0 Å². The van der Waals surface area contributed by atoms with Crippen LogP contribution in [0, 0.1) is 0 Å². The zero-order valence-electron chi connectivity index (χ0n) is 28.1. The number of hydrogen-bond donors (Lipinski definition) is 0. The topological polar surface area (TPSA) is 47.8 Å². The van der Waals surface area contributed by atoms with Gasteiger partial charge in [-0.3, -0.25) is 4.57 Å². The highest BCUT2D eigenvalue weighted by Gasteiger charge is 2.29. The first-order valence-electron chi connectivity index (χ1n) is 17.3. The maximum absolute atomic E-state index is 15.0. The molecule has 0 spiro atoms. The predicted molar refractivity (Wildman–Crippen MR) is 214 cm³/mol. The van der Waals surface area contributed by atoms with Gasteiger partial charge in [0, 0.05) is 44.4 Å². The Morgan fingerprint density at radius 2 is 1.14 bits per heavy atom. The molecule has 244 valence electrons. The van der Waals surface area contributed by atoms with Crippen LogP contribution in [0.15, 0.2) is 176 Å². The number of para-hydroxylation sites is 2. The number of aromatic nitrogens is 3. The summed E-state index contributed by atoms with van der Waals surface area (Å²) in [6, 6.07) is 59.7. The first-order chi connectivity index (χ1) is 25.1. The lowest BCUT2D eigenvalue weighted by Gasteiger charge is -2.20. The second-order valence-electron chi connectivity index (χ2n) is 12.8. The lowest BCUT2D eigenvalue weighted by Crippen LogP contribution is -2.24. The fraction of sp³-hybridized carbons (Fsp3) is 0.0435. The van der Waals surface area contributed by atoms with Crippen molar-refractivity contribution < 1.29 is 4.57 Å². The van der Waals surface area contributed by atoms with Crippen molar-refractivity contribution in [2.45, 2.75) is 13.3 Å². The van der Waals surface area contributed by atoms with Gasteiger partial charge in [0.1, 0.15) is 5.82 Å². The summed E-state index contributed by atoms with van der Waals surface area (Å²) in [4.78, 5) is 10.6. The summed E-state index contributed by atoms with van der Waals surface area (Å²) in [7, 11) is -3.07. The van der Waals surface area contributed by atoms with Gasteiger partial charge in [0.05, 0.1) is 22.2 Å². The molecule has 51 heavy (non-hydrogen) atoms. The molecule has 0 atom stereocenters. The summed E-state index contributed by atoms with van der Waals surface area (Å²) < 4.78 is 17.2. The first kappa shape index (κ1) is 30.9. The number of aryl methyl sites for hydroxylation is 1. The molecule has 9 aromatic rings. The van der Waals surface area contributed by atoms with Crippen LogP contribution in [0.4, 0.5) is 0 Å². The molecule has 4 nitrogen and oxygen atoms in total. The molecule has 0 radical (unpaired) electrons. The Kier molecular flexibility index (Phi) is 7.68. The molecular weight excluding hydrogens is 642 g/mol. The van der Waals surface area contributed by atoms with Gasteiger partial charge in [-0.2, -0.15) is 0 Å². The number of benzene rings is 7. The zero-order chi connectivity index (χ0) is 34.4. The SMILES string of the molecule is CCc1nc2c3c(-c4cccc(-c5ccc(P(=O)(c6ccccc6)c6ccccc6)cc5)c4)nc4ccccc4c3ccc2n1-c1ccccc1. The molecule has 0 fully saturated rings. The van der Waals surface area contributed by atoms with Crippen molar-refractivity contribution in [2.75, 3.05) is 0 Å². The Bertz CT molecular complexity index is 2700. The van der Waals surface area contributed by atoms with Crippen molar-refractivity contribution in [3.8, 4) is 28.1 Å². The van der Waals surface area contributed by atoms with E-state index in [-0.39, 0.29) is 0 Å². The molecule has 2 heterocycles. The van der Waals surface area contributed by atoms with Gasteiger partial charge < -0.3 is 4.57 Å². The number of nitrogens with zero attached hydrogens (tertiary/aromatic N) is 3. The van der Waals surface area contributed by atoms with E-state index < -0.39 is 7.14 Å². The molecule has 0 aliphatic heterocycles. The largest absolute Gasteiger partial charge is 0.309 e. The number of hydrogen-bond acceptors (Lipinski definition) is 3. The highest BCUT2D eigenvalue weighted by molar-refractivity contribution is 7.85. The highest BCUT2D eigenvalue weighted by atomic mass is 31.2. The monoisotopic (exact) mass is 675 g/mol. The average Bonchev–Trinajstić information content (AvgIpc) is 3.60. The second kappa shape index (κ2) is 12.7. The number of rotatable bonds is 7. The molecule has 0 unspecified atom stereocenters. The van der Waals surface area contributed by atoms with Gasteiger partial charge in [0.15, 0.2) is 7.14 Å². The van der Waals surface area contributed by atoms with Crippen LogP contribution in [0.1, 0.15) is 12.7 Å². The molecule has 0 aliphatic rings. The minimum Gasteiger partial charge on any atom is -0.309 e. The minimum atomic E-state index is -3.07. The number of pyridine rings is 1. The third-order valence-electron chi connectivity index (χ3n) is 9.83. The van der Waals surface area contributed by atoms with Crippen molar-refractivity contribution in [1.82, 2.24) is 14.5 Å². The van der Waals surface area contributed by atoms with E-state index in [4.69, 9.17) is 9.97 Å². The van der Waals surface area contributed by atoms with Crippen LogP contribution in [-0.2, 0) is 11.0 Å². The van der Waals surface area contributed by atoms with Gasteiger partial charge in [0.2, 0.25) is 0 Å². The quantitative estimate of drug-likeness (QED) is 0.125. The summed E-state index contributed by atoms with van der Waals surface area (Å²) in [5.74, 6) is 1.01. The van der Waals surface area contributed by atoms with Crippen LogP contribution < -0.4 is 15.9 Å². The summed E-state index contributed by atoms with van der Waals surface area (Å²) in [5.41, 5.74) is 8.10. The van der Waals surface area contributed by atoms with E-state index >= 15 is 0 Å². The molecule has 5 heteroatoms. The van der Waals surface area contributed by atoms with Crippen molar-refractivity contribution in [2.24, 2.45) is 0 Å². The maximum atomic E-state index is 15.0. The Morgan fingerprint density at radius 3 is 1.82 bits per heavy atom.